The largest absolute Gasteiger partial charge is 0.465 e. The number of hydrogen-bond acceptors (Lipinski definition) is 4. The van der Waals surface area contributed by atoms with Crippen molar-refractivity contribution in [1.82, 2.24) is 9.78 Å². The molecule has 2 rings (SSSR count). The number of nitrogens with zero attached hydrogens (tertiary/aromatic N) is 2. The fourth-order valence-corrected chi connectivity index (χ4v) is 2.08. The third-order valence-corrected chi connectivity index (χ3v) is 2.90. The first-order valence-electron chi connectivity index (χ1n) is 6.17. The van der Waals surface area contributed by atoms with Crippen LogP contribution in [0.25, 0.3) is 0 Å². The number of carboxylic acid groups (broad SMARTS) is 1. The van der Waals surface area contributed by atoms with E-state index in [1.807, 2.05) is 20.8 Å². The van der Waals surface area contributed by atoms with Gasteiger partial charge < -0.3 is 14.9 Å². The highest BCUT2D eigenvalue weighted by atomic mass is 16.5. The van der Waals surface area contributed by atoms with Gasteiger partial charge in [0, 0.05) is 12.5 Å². The topological polar surface area (TPSA) is 96.6 Å². The summed E-state index contributed by atoms with van der Waals surface area (Å²) in [6, 6.07) is 1.65. The van der Waals surface area contributed by atoms with Gasteiger partial charge in [-0.2, -0.15) is 5.10 Å². The first kappa shape index (κ1) is 13.8. The van der Waals surface area contributed by atoms with Crippen molar-refractivity contribution >= 4 is 11.9 Å². The molecule has 1 fully saturated rings. The fraction of sp³-hybridized carbons (Fsp3) is 0.667. The quantitative estimate of drug-likeness (QED) is 0.757. The molecule has 3 N–H and O–H groups in total. The van der Waals surface area contributed by atoms with Crippen LogP contribution in [0.1, 0.15) is 39.0 Å². The van der Waals surface area contributed by atoms with Crippen LogP contribution < -0.4 is 5.32 Å². The number of aliphatic hydroxyl groups excluding tert-OH is 1. The van der Waals surface area contributed by atoms with Gasteiger partial charge in [-0.3, -0.25) is 5.32 Å². The first-order valence-corrected chi connectivity index (χ1v) is 6.17. The first-order chi connectivity index (χ1) is 8.77. The summed E-state index contributed by atoms with van der Waals surface area (Å²) in [7, 11) is 0. The van der Waals surface area contributed by atoms with E-state index < -0.39 is 12.2 Å². The molecule has 0 aliphatic carbocycles. The lowest BCUT2D eigenvalue weighted by Gasteiger charge is -2.21. The monoisotopic (exact) mass is 269 g/mol. The highest BCUT2D eigenvalue weighted by molar-refractivity contribution is 5.81. The Bertz CT molecular complexity index is 478. The molecule has 19 heavy (non-hydrogen) atoms. The number of amides is 1. The van der Waals surface area contributed by atoms with E-state index in [2.05, 4.69) is 10.4 Å². The van der Waals surface area contributed by atoms with Gasteiger partial charge in [0.05, 0.1) is 23.9 Å². The molecule has 7 heteroatoms. The van der Waals surface area contributed by atoms with Gasteiger partial charge in [-0.05, 0) is 20.8 Å². The van der Waals surface area contributed by atoms with E-state index in [-0.39, 0.29) is 18.2 Å². The van der Waals surface area contributed by atoms with Crippen LogP contribution in [0.15, 0.2) is 6.07 Å². The third-order valence-electron chi connectivity index (χ3n) is 2.90. The summed E-state index contributed by atoms with van der Waals surface area (Å²) in [5, 5.41) is 25.1. The van der Waals surface area contributed by atoms with Crippen molar-refractivity contribution in [3.05, 3.63) is 11.8 Å². The maximum Gasteiger partial charge on any atom is 0.410 e. The zero-order chi connectivity index (χ0) is 14.2. The third kappa shape index (κ3) is 3.05. The van der Waals surface area contributed by atoms with Crippen LogP contribution in [0.5, 0.6) is 0 Å². The molecule has 1 aliphatic rings. The Hall–Kier alpha value is -1.60. The minimum absolute atomic E-state index is 0.284. The summed E-state index contributed by atoms with van der Waals surface area (Å²) >= 11 is 0. The Balaban J connectivity index is 2.31. The summed E-state index contributed by atoms with van der Waals surface area (Å²) in [6.07, 6.45) is -1.42. The van der Waals surface area contributed by atoms with E-state index in [0.29, 0.717) is 17.9 Å². The number of nitrogens with one attached hydrogen (secondary N) is 1. The van der Waals surface area contributed by atoms with Crippen LogP contribution in [0.2, 0.25) is 0 Å². The molecule has 0 aromatic carbocycles. The van der Waals surface area contributed by atoms with Gasteiger partial charge in [0.25, 0.3) is 0 Å². The van der Waals surface area contributed by atoms with E-state index in [1.54, 1.807) is 10.7 Å². The van der Waals surface area contributed by atoms with Crippen molar-refractivity contribution in [2.24, 2.45) is 0 Å². The van der Waals surface area contributed by atoms with Gasteiger partial charge in [-0.25, -0.2) is 9.48 Å². The second kappa shape index (κ2) is 4.82. The van der Waals surface area contributed by atoms with E-state index in [1.165, 1.54) is 0 Å². The number of carbonyl (C=O) groups is 1. The normalized spacial score (nSPS) is 23.6. The summed E-state index contributed by atoms with van der Waals surface area (Å²) in [4.78, 5) is 10.8. The van der Waals surface area contributed by atoms with Crippen LogP contribution in [0, 0.1) is 0 Å². The van der Waals surface area contributed by atoms with Gasteiger partial charge in [-0.1, -0.05) is 0 Å². The molecule has 1 aromatic rings. The molecule has 1 amide bonds. The number of ether oxygens (including phenoxy) is 1. The summed E-state index contributed by atoms with van der Waals surface area (Å²) < 4.78 is 7.05. The smallest absolute Gasteiger partial charge is 0.410 e. The average molecular weight is 269 g/mol. The molecule has 0 radical (unpaired) electrons. The molecule has 0 unspecified atom stereocenters. The predicted octanol–water partition coefficient (Wildman–Crippen LogP) is 1.55. The molecule has 0 spiro atoms. The summed E-state index contributed by atoms with van der Waals surface area (Å²) in [5.41, 5.74) is 0.281. The van der Waals surface area contributed by atoms with E-state index in [0.717, 1.165) is 0 Å². The lowest BCUT2D eigenvalue weighted by Crippen LogP contribution is -2.26. The number of aromatic nitrogens is 2. The van der Waals surface area contributed by atoms with Crippen molar-refractivity contribution in [2.75, 3.05) is 11.9 Å². The highest BCUT2D eigenvalue weighted by Crippen LogP contribution is 2.31. The molecule has 1 aliphatic heterocycles. The van der Waals surface area contributed by atoms with Crippen molar-refractivity contribution in [1.29, 1.82) is 0 Å². The van der Waals surface area contributed by atoms with E-state index in [4.69, 9.17) is 9.84 Å². The molecule has 0 bridgehead atoms. The lowest BCUT2D eigenvalue weighted by atomic mass is 10.1. The van der Waals surface area contributed by atoms with Gasteiger partial charge in [-0.15, -0.1) is 0 Å². The van der Waals surface area contributed by atoms with Crippen molar-refractivity contribution in [2.45, 2.75) is 44.9 Å². The Morgan fingerprint density at radius 3 is 2.74 bits per heavy atom. The predicted molar refractivity (Wildman–Crippen MR) is 68.2 cm³/mol. The zero-order valence-electron chi connectivity index (χ0n) is 11.3. The maximum atomic E-state index is 10.8. The average Bonchev–Trinajstić information content (AvgIpc) is 2.82. The summed E-state index contributed by atoms with van der Waals surface area (Å²) in [5.74, 6) is 0.403. The van der Waals surface area contributed by atoms with Crippen molar-refractivity contribution in [3.8, 4) is 0 Å². The van der Waals surface area contributed by atoms with E-state index >= 15 is 0 Å². The van der Waals surface area contributed by atoms with Gasteiger partial charge in [0.1, 0.15) is 11.9 Å². The Labute approximate surface area is 111 Å². The van der Waals surface area contributed by atoms with Gasteiger partial charge in [0.2, 0.25) is 0 Å². The molecule has 0 saturated carbocycles. The number of hydrogen-bond donors (Lipinski definition) is 3. The van der Waals surface area contributed by atoms with E-state index in [9.17, 15) is 9.90 Å². The number of aliphatic hydroxyl groups is 1. The summed E-state index contributed by atoms with van der Waals surface area (Å²) in [6.45, 7) is 6.08. The molecule has 106 valence electrons. The molecule has 1 aromatic heterocycles. The molecular weight excluding hydrogens is 250 g/mol. The standard InChI is InChI=1S/C12H19N3O4/c1-12(2,3)15-10(13-11(17)18)5-8(14-15)9-4-7(16)6-19-9/h5,7,9,13,16H,4,6H2,1-3H3,(H,17,18)/t7-,9-/m1/s1. The lowest BCUT2D eigenvalue weighted by molar-refractivity contribution is 0.0860. The number of anilines is 1. The van der Waals surface area contributed by atoms with Crippen molar-refractivity contribution in [3.63, 3.8) is 0 Å². The molecule has 7 nitrogen and oxygen atoms in total. The zero-order valence-corrected chi connectivity index (χ0v) is 11.3. The molecule has 1 saturated heterocycles. The SMILES string of the molecule is CC(C)(C)n1nc([C@H]2C[C@@H](O)CO2)cc1NC(=O)O. The number of rotatable bonds is 2. The van der Waals surface area contributed by atoms with Crippen LogP contribution in [0.4, 0.5) is 10.6 Å². The van der Waals surface area contributed by atoms with Crippen LogP contribution >= 0.6 is 0 Å². The highest BCUT2D eigenvalue weighted by Gasteiger charge is 2.30. The fourth-order valence-electron chi connectivity index (χ4n) is 2.08. The Morgan fingerprint density at radius 2 is 2.26 bits per heavy atom. The molecule has 2 atom stereocenters. The second-order valence-electron chi connectivity index (χ2n) is 5.68. The minimum atomic E-state index is -1.13. The Kier molecular flexibility index (Phi) is 3.51. The van der Waals surface area contributed by atoms with Gasteiger partial charge in [0.15, 0.2) is 0 Å². The second-order valence-corrected chi connectivity index (χ2v) is 5.68. The van der Waals surface area contributed by atoms with Crippen LogP contribution in [0.3, 0.4) is 0 Å². The van der Waals surface area contributed by atoms with Crippen molar-refractivity contribution < 1.29 is 19.7 Å². The Morgan fingerprint density at radius 1 is 1.58 bits per heavy atom. The minimum Gasteiger partial charge on any atom is -0.465 e. The maximum absolute atomic E-state index is 10.8. The van der Waals surface area contributed by atoms with Crippen LogP contribution in [-0.4, -0.2) is 38.8 Å². The molecular formula is C12H19N3O4. The molecule has 2 heterocycles. The van der Waals surface area contributed by atoms with Crippen LogP contribution in [-0.2, 0) is 10.3 Å². The van der Waals surface area contributed by atoms with Gasteiger partial charge >= 0.3 is 6.09 Å².